The number of nitrogens with zero attached hydrogens (tertiary/aromatic N) is 6. The van der Waals surface area contributed by atoms with E-state index in [9.17, 15) is 0 Å². The SMILES string of the molecule is COc1c(I)cc(I)cc1/C=N/Nc1nc(N2CCCCC2)nc(N2CCCCC2)n1. The van der Waals surface area contributed by atoms with E-state index in [1.54, 1.807) is 13.3 Å². The zero-order valence-corrected chi connectivity index (χ0v) is 22.0. The fraction of sp³-hybridized carbons (Fsp3) is 0.524. The summed E-state index contributed by atoms with van der Waals surface area (Å²) >= 11 is 4.58. The number of piperidine rings is 2. The summed E-state index contributed by atoms with van der Waals surface area (Å²) in [6, 6.07) is 4.12. The van der Waals surface area contributed by atoms with Crippen molar-refractivity contribution in [1.82, 2.24) is 15.0 Å². The quantitative estimate of drug-likeness (QED) is 0.281. The van der Waals surface area contributed by atoms with Gasteiger partial charge >= 0.3 is 0 Å². The number of rotatable bonds is 6. The van der Waals surface area contributed by atoms with Gasteiger partial charge in [-0.2, -0.15) is 20.1 Å². The third-order valence-electron chi connectivity index (χ3n) is 5.50. The smallest absolute Gasteiger partial charge is 0.250 e. The molecule has 4 rings (SSSR count). The lowest BCUT2D eigenvalue weighted by Crippen LogP contribution is -2.34. The zero-order valence-electron chi connectivity index (χ0n) is 17.7. The lowest BCUT2D eigenvalue weighted by atomic mass is 10.1. The zero-order chi connectivity index (χ0) is 21.6. The lowest BCUT2D eigenvalue weighted by molar-refractivity contribution is 0.411. The molecule has 2 aromatic rings. The summed E-state index contributed by atoms with van der Waals surface area (Å²) in [5.74, 6) is 2.78. The Labute approximate surface area is 210 Å². The Morgan fingerprint density at radius 1 is 0.903 bits per heavy atom. The molecular weight excluding hydrogens is 620 g/mol. The Morgan fingerprint density at radius 3 is 2.03 bits per heavy atom. The minimum atomic E-state index is 0.478. The first-order chi connectivity index (χ1) is 15.1. The second-order valence-corrected chi connectivity index (χ2v) is 10.1. The Kier molecular flexibility index (Phi) is 8.02. The monoisotopic (exact) mass is 647 g/mol. The number of anilines is 3. The molecule has 0 atom stereocenters. The number of aromatic nitrogens is 3. The van der Waals surface area contributed by atoms with Crippen molar-refractivity contribution in [2.75, 3.05) is 48.5 Å². The maximum Gasteiger partial charge on any atom is 0.250 e. The summed E-state index contributed by atoms with van der Waals surface area (Å²) in [5.41, 5.74) is 3.95. The number of halogens is 2. The van der Waals surface area contributed by atoms with Crippen LogP contribution < -0.4 is 20.0 Å². The van der Waals surface area contributed by atoms with Crippen LogP contribution in [0.2, 0.25) is 0 Å². The van der Waals surface area contributed by atoms with Gasteiger partial charge in [0.2, 0.25) is 17.8 Å². The van der Waals surface area contributed by atoms with Crippen LogP contribution in [0.25, 0.3) is 0 Å². The van der Waals surface area contributed by atoms with Crippen molar-refractivity contribution >= 4 is 69.2 Å². The van der Waals surface area contributed by atoms with Crippen molar-refractivity contribution < 1.29 is 4.74 Å². The topological polar surface area (TPSA) is 78.8 Å². The predicted molar refractivity (Wildman–Crippen MR) is 142 cm³/mol. The van der Waals surface area contributed by atoms with Crippen LogP contribution in [0.4, 0.5) is 17.8 Å². The Hall–Kier alpha value is -1.44. The number of hydrogen-bond acceptors (Lipinski definition) is 8. The van der Waals surface area contributed by atoms with Crippen molar-refractivity contribution in [3.8, 4) is 5.75 Å². The largest absolute Gasteiger partial charge is 0.495 e. The Morgan fingerprint density at radius 2 is 1.48 bits per heavy atom. The molecular formula is C21H27I2N7O. The third-order valence-corrected chi connectivity index (χ3v) is 6.92. The average molecular weight is 647 g/mol. The maximum absolute atomic E-state index is 5.55. The van der Waals surface area contributed by atoms with Crippen molar-refractivity contribution in [1.29, 1.82) is 0 Å². The fourth-order valence-corrected chi connectivity index (χ4v) is 6.04. The standard InChI is InChI=1S/C21H27I2N7O/c1-31-18-15(12-16(22)13-17(18)23)14-24-28-19-25-20(29-8-4-2-5-9-29)27-21(26-19)30-10-6-3-7-11-30/h12-14H,2-11H2,1H3,(H,25,26,27,28)/b24-14+. The van der Waals surface area contributed by atoms with E-state index in [4.69, 9.17) is 9.72 Å². The number of ether oxygens (including phenoxy) is 1. The predicted octanol–water partition coefficient (Wildman–Crippen LogP) is 4.52. The number of hydrazone groups is 1. The summed E-state index contributed by atoms with van der Waals surface area (Å²) in [4.78, 5) is 18.7. The first kappa shape index (κ1) is 22.7. The molecule has 1 N–H and O–H groups in total. The van der Waals surface area contributed by atoms with Gasteiger partial charge in [0.05, 0.1) is 16.9 Å². The van der Waals surface area contributed by atoms with Crippen LogP contribution in [0, 0.1) is 7.14 Å². The molecule has 0 bridgehead atoms. The summed E-state index contributed by atoms with van der Waals surface area (Å²) in [6.45, 7) is 3.96. The molecule has 31 heavy (non-hydrogen) atoms. The van der Waals surface area contributed by atoms with Gasteiger partial charge in [0.15, 0.2) is 0 Å². The van der Waals surface area contributed by atoms with Gasteiger partial charge in [-0.05, 0) is 95.8 Å². The molecule has 1 aromatic heterocycles. The molecule has 2 fully saturated rings. The highest BCUT2D eigenvalue weighted by molar-refractivity contribution is 14.1. The van der Waals surface area contributed by atoms with Gasteiger partial charge in [-0.15, -0.1) is 0 Å². The minimum absolute atomic E-state index is 0.478. The molecule has 3 heterocycles. The van der Waals surface area contributed by atoms with Crippen molar-refractivity contribution in [2.24, 2.45) is 5.10 Å². The highest BCUT2D eigenvalue weighted by Crippen LogP contribution is 2.27. The normalized spacial score (nSPS) is 17.3. The van der Waals surface area contributed by atoms with E-state index < -0.39 is 0 Å². The highest BCUT2D eigenvalue weighted by Gasteiger charge is 2.20. The van der Waals surface area contributed by atoms with E-state index in [0.717, 1.165) is 56.5 Å². The molecule has 0 spiro atoms. The van der Waals surface area contributed by atoms with E-state index >= 15 is 0 Å². The van der Waals surface area contributed by atoms with E-state index in [1.807, 2.05) is 6.07 Å². The molecule has 0 unspecified atom stereocenters. The molecule has 0 saturated carbocycles. The highest BCUT2D eigenvalue weighted by atomic mass is 127. The molecule has 0 amide bonds. The van der Waals surface area contributed by atoms with E-state index in [2.05, 4.69) is 81.5 Å². The molecule has 166 valence electrons. The molecule has 0 aliphatic carbocycles. The molecule has 2 saturated heterocycles. The minimum Gasteiger partial charge on any atom is -0.495 e. The molecule has 8 nitrogen and oxygen atoms in total. The van der Waals surface area contributed by atoms with Crippen molar-refractivity contribution in [3.63, 3.8) is 0 Å². The van der Waals surface area contributed by atoms with Crippen LogP contribution in [0.5, 0.6) is 5.75 Å². The van der Waals surface area contributed by atoms with Crippen LogP contribution in [0.15, 0.2) is 17.2 Å². The Balaban J connectivity index is 1.58. The molecule has 2 aliphatic heterocycles. The van der Waals surface area contributed by atoms with Crippen LogP contribution in [0.3, 0.4) is 0 Å². The lowest BCUT2D eigenvalue weighted by Gasteiger charge is -2.30. The summed E-state index contributed by atoms with van der Waals surface area (Å²) in [7, 11) is 1.68. The van der Waals surface area contributed by atoms with Crippen LogP contribution in [-0.4, -0.2) is 54.5 Å². The van der Waals surface area contributed by atoms with Gasteiger partial charge in [0, 0.05) is 35.3 Å². The van der Waals surface area contributed by atoms with E-state index in [1.165, 1.54) is 38.5 Å². The number of methoxy groups -OCH3 is 1. The second-order valence-electron chi connectivity index (χ2n) is 7.73. The van der Waals surface area contributed by atoms with Crippen molar-refractivity contribution in [3.05, 3.63) is 24.8 Å². The molecule has 10 heteroatoms. The average Bonchev–Trinajstić information content (AvgIpc) is 2.80. The number of hydrogen-bond donors (Lipinski definition) is 1. The molecule has 2 aliphatic rings. The van der Waals surface area contributed by atoms with Crippen LogP contribution in [0.1, 0.15) is 44.1 Å². The molecule has 1 aromatic carbocycles. The van der Waals surface area contributed by atoms with Crippen LogP contribution >= 0.6 is 45.2 Å². The van der Waals surface area contributed by atoms with Crippen LogP contribution in [-0.2, 0) is 0 Å². The van der Waals surface area contributed by atoms with Gasteiger partial charge in [-0.1, -0.05) is 0 Å². The van der Waals surface area contributed by atoms with Gasteiger partial charge in [0.25, 0.3) is 0 Å². The second kappa shape index (κ2) is 10.9. The van der Waals surface area contributed by atoms with Gasteiger partial charge < -0.3 is 14.5 Å². The van der Waals surface area contributed by atoms with E-state index in [0.29, 0.717) is 5.95 Å². The van der Waals surface area contributed by atoms with Crippen molar-refractivity contribution in [2.45, 2.75) is 38.5 Å². The number of nitrogens with one attached hydrogen (secondary N) is 1. The first-order valence-electron chi connectivity index (χ1n) is 10.7. The first-order valence-corrected chi connectivity index (χ1v) is 12.9. The number of benzene rings is 1. The maximum atomic E-state index is 5.55. The summed E-state index contributed by atoms with van der Waals surface area (Å²) < 4.78 is 7.72. The third kappa shape index (κ3) is 5.88. The summed E-state index contributed by atoms with van der Waals surface area (Å²) in [5, 5.41) is 4.42. The Bertz CT molecular complexity index is 892. The fourth-order valence-electron chi connectivity index (χ4n) is 3.93. The molecule has 0 radical (unpaired) electrons. The van der Waals surface area contributed by atoms with Gasteiger partial charge in [0.1, 0.15) is 5.75 Å². The van der Waals surface area contributed by atoms with Gasteiger partial charge in [-0.25, -0.2) is 5.43 Å². The summed E-state index contributed by atoms with van der Waals surface area (Å²) in [6.07, 6.45) is 9.01. The van der Waals surface area contributed by atoms with Gasteiger partial charge in [-0.3, -0.25) is 0 Å². The van der Waals surface area contributed by atoms with E-state index in [-0.39, 0.29) is 0 Å².